The van der Waals surface area contributed by atoms with Crippen LogP contribution >= 0.6 is 0 Å². The van der Waals surface area contributed by atoms with Crippen LogP contribution in [0, 0.1) is 43.9 Å². The van der Waals surface area contributed by atoms with Crippen molar-refractivity contribution in [3.63, 3.8) is 0 Å². The zero-order valence-corrected chi connectivity index (χ0v) is 18.1. The molecule has 1 aromatic heterocycles. The zero-order valence-electron chi connectivity index (χ0n) is 18.1. The fourth-order valence-electron chi connectivity index (χ4n) is 4.84. The molecule has 2 aromatic rings. The molecule has 2 heterocycles. The van der Waals surface area contributed by atoms with E-state index in [2.05, 4.69) is 10.1 Å². The van der Waals surface area contributed by atoms with Crippen LogP contribution in [0.25, 0.3) is 0 Å². The lowest BCUT2D eigenvalue weighted by Gasteiger charge is -2.13. The van der Waals surface area contributed by atoms with E-state index in [9.17, 15) is 29.8 Å². The quantitative estimate of drug-likeness (QED) is 0.191. The number of ether oxygens (including phenoxy) is 2. The Kier molecular flexibility index (Phi) is 5.23. The van der Waals surface area contributed by atoms with E-state index in [1.807, 2.05) is 12.2 Å². The van der Waals surface area contributed by atoms with Gasteiger partial charge in [-0.05, 0) is 24.3 Å². The number of allylic oxidation sites excluding steroid dienone is 2. The van der Waals surface area contributed by atoms with Crippen LogP contribution in [0.15, 0.2) is 47.7 Å². The summed E-state index contributed by atoms with van der Waals surface area (Å²) < 4.78 is 10.7. The summed E-state index contributed by atoms with van der Waals surface area (Å²) in [5.74, 6) is -1.95. The molecule has 5 rings (SSSR count). The highest BCUT2D eigenvalue weighted by Crippen LogP contribution is 2.52. The van der Waals surface area contributed by atoms with Crippen LogP contribution in [0.1, 0.15) is 12.0 Å². The highest BCUT2D eigenvalue weighted by molar-refractivity contribution is 6.06. The van der Waals surface area contributed by atoms with Crippen LogP contribution in [0.4, 0.5) is 11.4 Å². The van der Waals surface area contributed by atoms with Crippen LogP contribution in [-0.2, 0) is 9.59 Å². The molecule has 3 aliphatic rings. The van der Waals surface area contributed by atoms with Crippen molar-refractivity contribution < 1.29 is 28.9 Å². The second-order valence-corrected chi connectivity index (χ2v) is 8.28. The van der Waals surface area contributed by atoms with Crippen molar-refractivity contribution in [3.8, 4) is 17.4 Å². The summed E-state index contributed by atoms with van der Waals surface area (Å²) in [6.07, 6.45) is 6.86. The first-order valence-corrected chi connectivity index (χ1v) is 10.5. The van der Waals surface area contributed by atoms with E-state index >= 15 is 0 Å². The molecule has 1 aromatic carbocycles. The number of pyridine rings is 1. The molecule has 0 spiro atoms. The molecule has 2 aliphatic carbocycles. The number of rotatable bonds is 7. The van der Waals surface area contributed by atoms with Gasteiger partial charge in [0.1, 0.15) is 6.20 Å². The minimum atomic E-state index is -0.708. The van der Waals surface area contributed by atoms with E-state index in [1.165, 1.54) is 25.5 Å². The fraction of sp³-hybridized carbons (Fsp3) is 0.273. The predicted octanol–water partition coefficient (Wildman–Crippen LogP) is 2.84. The number of nitro groups is 2. The number of amides is 2. The maximum absolute atomic E-state index is 12.8. The fourth-order valence-corrected chi connectivity index (χ4v) is 4.84. The van der Waals surface area contributed by atoms with Gasteiger partial charge in [0, 0.05) is 23.8 Å². The standard InChI is InChI=1S/C22H17N5O8/c1-34-16-7-11(9-24-25-21(28)18-12-2-3-13(8-12)19(18)22(25)29)6-15(27(32)33)20(16)35-17-5-4-14(10-23-17)26(30)31/h2-7,9-10,12-13,18-19H,8H2,1H3/t12-,13-,18-,19+/m0/s1. The summed E-state index contributed by atoms with van der Waals surface area (Å²) in [6, 6.07) is 4.86. The van der Waals surface area contributed by atoms with Crippen LogP contribution in [0.5, 0.6) is 17.4 Å². The van der Waals surface area contributed by atoms with Gasteiger partial charge in [-0.3, -0.25) is 29.8 Å². The highest BCUT2D eigenvalue weighted by Gasteiger charge is 2.59. The molecule has 2 fully saturated rings. The van der Waals surface area contributed by atoms with Gasteiger partial charge in [-0.15, -0.1) is 0 Å². The predicted molar refractivity (Wildman–Crippen MR) is 118 cm³/mol. The van der Waals surface area contributed by atoms with Gasteiger partial charge < -0.3 is 9.47 Å². The summed E-state index contributed by atoms with van der Waals surface area (Å²) >= 11 is 0. The Morgan fingerprint density at radius 3 is 2.31 bits per heavy atom. The zero-order chi connectivity index (χ0) is 24.9. The Bertz CT molecular complexity index is 1290. The third kappa shape index (κ3) is 3.66. The maximum atomic E-state index is 12.8. The number of hydrazone groups is 1. The molecule has 13 nitrogen and oxygen atoms in total. The number of hydrogen-bond donors (Lipinski definition) is 0. The van der Waals surface area contributed by atoms with Gasteiger partial charge >= 0.3 is 5.69 Å². The molecule has 35 heavy (non-hydrogen) atoms. The van der Waals surface area contributed by atoms with Crippen molar-refractivity contribution >= 4 is 29.4 Å². The Balaban J connectivity index is 1.43. The number of benzene rings is 1. The third-order valence-corrected chi connectivity index (χ3v) is 6.38. The molecule has 4 atom stereocenters. The molecule has 2 bridgehead atoms. The average molecular weight is 479 g/mol. The Hall–Kier alpha value is -4.68. The number of nitro benzene ring substituents is 1. The van der Waals surface area contributed by atoms with Gasteiger partial charge in [0.15, 0.2) is 5.75 Å². The van der Waals surface area contributed by atoms with Crippen LogP contribution in [0.2, 0.25) is 0 Å². The SMILES string of the molecule is COc1cc(C=NN2C(=O)[C@@H]3[C@H](C2=O)[C@H]2C=C[C@H]3C2)cc([N+](=O)[O-])c1Oc1ccc([N+](=O)[O-])cn1. The van der Waals surface area contributed by atoms with E-state index < -0.39 is 27.4 Å². The maximum Gasteiger partial charge on any atom is 0.316 e. The lowest BCUT2D eigenvalue weighted by atomic mass is 9.85. The lowest BCUT2D eigenvalue weighted by molar-refractivity contribution is -0.385. The topological polar surface area (TPSA) is 167 Å². The van der Waals surface area contributed by atoms with E-state index in [4.69, 9.17) is 9.47 Å². The van der Waals surface area contributed by atoms with E-state index in [-0.39, 0.29) is 52.3 Å². The number of aromatic nitrogens is 1. The number of methoxy groups -OCH3 is 1. The minimum Gasteiger partial charge on any atom is -0.493 e. The normalized spacial score (nSPS) is 24.3. The summed E-state index contributed by atoms with van der Waals surface area (Å²) in [6.45, 7) is 0. The molecule has 1 aliphatic heterocycles. The Morgan fingerprint density at radius 1 is 1.09 bits per heavy atom. The molecule has 2 amide bonds. The highest BCUT2D eigenvalue weighted by atomic mass is 16.6. The molecule has 178 valence electrons. The van der Waals surface area contributed by atoms with Crippen molar-refractivity contribution in [1.29, 1.82) is 0 Å². The van der Waals surface area contributed by atoms with Crippen molar-refractivity contribution in [1.82, 2.24) is 9.99 Å². The molecular weight excluding hydrogens is 462 g/mol. The van der Waals surface area contributed by atoms with E-state index in [1.54, 1.807) is 0 Å². The van der Waals surface area contributed by atoms with Gasteiger partial charge in [0.2, 0.25) is 11.6 Å². The number of carbonyl (C=O) groups excluding carboxylic acids is 2. The summed E-state index contributed by atoms with van der Waals surface area (Å²) in [7, 11) is 1.27. The number of nitrogens with zero attached hydrogens (tertiary/aromatic N) is 5. The van der Waals surface area contributed by atoms with Crippen molar-refractivity contribution in [2.75, 3.05) is 7.11 Å². The smallest absolute Gasteiger partial charge is 0.316 e. The van der Waals surface area contributed by atoms with Crippen LogP contribution in [0.3, 0.4) is 0 Å². The number of imide groups is 1. The number of fused-ring (bicyclic) bond motifs is 5. The largest absolute Gasteiger partial charge is 0.493 e. The van der Waals surface area contributed by atoms with E-state index in [0.29, 0.717) is 0 Å². The van der Waals surface area contributed by atoms with Gasteiger partial charge in [-0.1, -0.05) is 12.2 Å². The number of hydrogen-bond acceptors (Lipinski definition) is 10. The van der Waals surface area contributed by atoms with Gasteiger partial charge in [-0.25, -0.2) is 4.98 Å². The second-order valence-electron chi connectivity index (χ2n) is 8.28. The first-order valence-electron chi connectivity index (χ1n) is 10.5. The first kappa shape index (κ1) is 22.1. The minimum absolute atomic E-state index is 0.0345. The van der Waals surface area contributed by atoms with E-state index in [0.717, 1.165) is 29.8 Å². The number of carbonyl (C=O) groups is 2. The lowest BCUT2D eigenvalue weighted by Crippen LogP contribution is -2.28. The summed E-state index contributed by atoms with van der Waals surface area (Å²) in [5.41, 5.74) is -0.579. The summed E-state index contributed by atoms with van der Waals surface area (Å²) in [4.78, 5) is 50.5. The van der Waals surface area contributed by atoms with Gasteiger partial charge in [0.25, 0.3) is 17.5 Å². The molecule has 0 unspecified atom stereocenters. The first-order chi connectivity index (χ1) is 16.8. The molecule has 13 heteroatoms. The second kappa shape index (κ2) is 8.27. The van der Waals surface area contributed by atoms with Crippen LogP contribution in [-0.4, -0.2) is 45.0 Å². The van der Waals surface area contributed by atoms with Crippen molar-refractivity contribution in [3.05, 3.63) is 68.4 Å². The summed E-state index contributed by atoms with van der Waals surface area (Å²) in [5, 5.41) is 27.4. The monoisotopic (exact) mass is 479 g/mol. The molecular formula is C22H17N5O8. The molecule has 1 saturated heterocycles. The molecule has 0 radical (unpaired) electrons. The Labute approximate surface area is 196 Å². The third-order valence-electron chi connectivity index (χ3n) is 6.38. The van der Waals surface area contributed by atoms with Crippen molar-refractivity contribution in [2.45, 2.75) is 6.42 Å². The van der Waals surface area contributed by atoms with Gasteiger partial charge in [0.05, 0.1) is 35.0 Å². The molecule has 0 N–H and O–H groups in total. The average Bonchev–Trinajstić information content (AvgIpc) is 3.52. The Morgan fingerprint density at radius 2 is 1.77 bits per heavy atom. The van der Waals surface area contributed by atoms with Crippen LogP contribution < -0.4 is 9.47 Å². The van der Waals surface area contributed by atoms with Crippen molar-refractivity contribution in [2.24, 2.45) is 28.8 Å². The molecule has 1 saturated carbocycles. The van der Waals surface area contributed by atoms with Gasteiger partial charge in [-0.2, -0.15) is 10.1 Å².